The maximum Gasteiger partial charge on any atom is 0.410 e. The minimum absolute atomic E-state index is 0.00836. The average Bonchev–Trinajstić information content (AvgIpc) is 3.34. The number of nitrogens with zero attached hydrogens (tertiary/aromatic N) is 3. The van der Waals surface area contributed by atoms with Crippen molar-refractivity contribution in [1.82, 2.24) is 14.7 Å². The van der Waals surface area contributed by atoms with Crippen LogP contribution >= 0.6 is 0 Å². The fraction of sp³-hybridized carbons (Fsp3) is 0.818. The molecule has 1 amide bonds. The van der Waals surface area contributed by atoms with Crippen molar-refractivity contribution >= 4 is 11.7 Å². The van der Waals surface area contributed by atoms with E-state index in [0.29, 0.717) is 18.1 Å². The van der Waals surface area contributed by atoms with Gasteiger partial charge in [-0.2, -0.15) is 18.3 Å². The summed E-state index contributed by atoms with van der Waals surface area (Å²) in [4.78, 5) is 14.8. The largest absolute Gasteiger partial charge is 0.410 e. The van der Waals surface area contributed by atoms with Gasteiger partial charge in [0.2, 0.25) is 5.91 Å². The van der Waals surface area contributed by atoms with Crippen LogP contribution in [0.5, 0.6) is 0 Å². The number of hydrogen-bond acceptors (Lipinski definition) is 3. The lowest BCUT2D eigenvalue weighted by Crippen LogP contribution is -2.44. The summed E-state index contributed by atoms with van der Waals surface area (Å²) in [6.45, 7) is 7.18. The zero-order chi connectivity index (χ0) is 21.7. The number of hydrogen-bond donors (Lipinski definition) is 1. The monoisotopic (exact) mass is 426 g/mol. The second kappa shape index (κ2) is 7.75. The second-order valence-corrected chi connectivity index (χ2v) is 10.4. The number of piperidine rings is 1. The molecule has 0 spiro atoms. The first-order valence-corrected chi connectivity index (χ1v) is 11.3. The number of rotatable bonds is 2. The molecule has 1 aromatic rings. The molecule has 3 aliphatic rings. The van der Waals surface area contributed by atoms with Crippen molar-refractivity contribution in [2.24, 2.45) is 11.3 Å². The zero-order valence-corrected chi connectivity index (χ0v) is 18.1. The van der Waals surface area contributed by atoms with Gasteiger partial charge in [-0.25, -0.2) is 4.68 Å². The molecule has 1 saturated carbocycles. The molecule has 1 aromatic heterocycles. The van der Waals surface area contributed by atoms with Crippen LogP contribution in [0, 0.1) is 11.3 Å². The molecule has 2 aliphatic heterocycles. The first-order chi connectivity index (χ1) is 14.0. The Morgan fingerprint density at radius 1 is 1.13 bits per heavy atom. The molecular formula is C22H33F3N4O. The Morgan fingerprint density at radius 3 is 2.47 bits per heavy atom. The molecular weight excluding hydrogens is 393 g/mol. The first-order valence-electron chi connectivity index (χ1n) is 11.3. The van der Waals surface area contributed by atoms with E-state index in [1.165, 1.54) is 0 Å². The van der Waals surface area contributed by atoms with Gasteiger partial charge in [0.05, 0.1) is 5.69 Å². The summed E-state index contributed by atoms with van der Waals surface area (Å²) in [6.07, 6.45) is 1.49. The van der Waals surface area contributed by atoms with E-state index in [2.05, 4.69) is 10.4 Å². The molecule has 8 heteroatoms. The van der Waals surface area contributed by atoms with Gasteiger partial charge in [0.15, 0.2) is 6.04 Å². The number of halogens is 3. The van der Waals surface area contributed by atoms with E-state index in [4.69, 9.17) is 0 Å². The molecule has 1 aliphatic carbocycles. The molecule has 3 atom stereocenters. The number of aromatic nitrogens is 2. The first kappa shape index (κ1) is 21.5. The lowest BCUT2D eigenvalue weighted by Gasteiger charge is -2.39. The molecule has 168 valence electrons. The Bertz CT molecular complexity index is 776. The van der Waals surface area contributed by atoms with Crippen LogP contribution in [-0.2, 0) is 4.79 Å². The lowest BCUT2D eigenvalue weighted by atomic mass is 9.82. The fourth-order valence-corrected chi connectivity index (χ4v) is 5.21. The summed E-state index contributed by atoms with van der Waals surface area (Å²) in [5, 5.41) is 7.72. The van der Waals surface area contributed by atoms with Gasteiger partial charge in [-0.15, -0.1) is 0 Å². The van der Waals surface area contributed by atoms with Crippen molar-refractivity contribution < 1.29 is 18.0 Å². The van der Waals surface area contributed by atoms with Crippen LogP contribution in [0.2, 0.25) is 0 Å². The lowest BCUT2D eigenvalue weighted by molar-refractivity contribution is -0.175. The van der Waals surface area contributed by atoms with Gasteiger partial charge in [-0.05, 0) is 37.5 Å². The summed E-state index contributed by atoms with van der Waals surface area (Å²) < 4.78 is 42.6. The summed E-state index contributed by atoms with van der Waals surface area (Å²) >= 11 is 0. The maximum atomic E-state index is 13.8. The average molecular weight is 427 g/mol. The summed E-state index contributed by atoms with van der Waals surface area (Å²) in [6, 6.07) is -0.121. The second-order valence-electron chi connectivity index (χ2n) is 10.4. The van der Waals surface area contributed by atoms with E-state index in [0.717, 1.165) is 49.8 Å². The Labute approximate surface area is 176 Å². The normalized spacial score (nSPS) is 28.3. The molecule has 1 saturated heterocycles. The van der Waals surface area contributed by atoms with Crippen LogP contribution < -0.4 is 5.32 Å². The third-order valence-corrected chi connectivity index (χ3v) is 7.11. The third-order valence-electron chi connectivity index (χ3n) is 7.11. The molecule has 5 nitrogen and oxygen atoms in total. The SMILES string of the molecule is CC(C)(C)[C@H]1C[C@H](C(F)(F)F)n2nc([C@@H]3CCCN(C(=O)C4CCCC4)C3)cc2N1. The van der Waals surface area contributed by atoms with Gasteiger partial charge >= 0.3 is 6.18 Å². The van der Waals surface area contributed by atoms with Crippen molar-refractivity contribution in [2.45, 2.75) is 89.9 Å². The predicted octanol–water partition coefficient (Wildman–Crippen LogP) is 5.11. The smallest absolute Gasteiger partial charge is 0.367 e. The highest BCUT2D eigenvalue weighted by Crippen LogP contribution is 2.44. The van der Waals surface area contributed by atoms with E-state index in [1.54, 1.807) is 6.07 Å². The van der Waals surface area contributed by atoms with Gasteiger partial charge in [0.25, 0.3) is 0 Å². The topological polar surface area (TPSA) is 50.2 Å². The molecule has 0 radical (unpaired) electrons. The highest BCUT2D eigenvalue weighted by atomic mass is 19.4. The van der Waals surface area contributed by atoms with Gasteiger partial charge in [-0.1, -0.05) is 33.6 Å². The molecule has 0 bridgehead atoms. The van der Waals surface area contributed by atoms with E-state index in [-0.39, 0.29) is 35.6 Å². The van der Waals surface area contributed by atoms with Crippen LogP contribution in [-0.4, -0.2) is 45.9 Å². The van der Waals surface area contributed by atoms with Gasteiger partial charge in [0, 0.05) is 37.0 Å². The molecule has 1 N–H and O–H groups in total. The van der Waals surface area contributed by atoms with E-state index < -0.39 is 12.2 Å². The Morgan fingerprint density at radius 2 is 1.83 bits per heavy atom. The molecule has 0 aromatic carbocycles. The van der Waals surface area contributed by atoms with E-state index >= 15 is 0 Å². The number of carbonyl (C=O) groups is 1. The number of likely N-dealkylation sites (tertiary alicyclic amines) is 1. The third kappa shape index (κ3) is 4.19. The van der Waals surface area contributed by atoms with E-state index in [1.807, 2.05) is 25.7 Å². The maximum absolute atomic E-state index is 13.8. The quantitative estimate of drug-likeness (QED) is 0.715. The van der Waals surface area contributed by atoms with Crippen LogP contribution in [0.25, 0.3) is 0 Å². The number of fused-ring (bicyclic) bond motifs is 1. The summed E-state index contributed by atoms with van der Waals surface area (Å²) in [7, 11) is 0. The molecule has 3 heterocycles. The zero-order valence-electron chi connectivity index (χ0n) is 18.1. The van der Waals surface area contributed by atoms with Crippen molar-refractivity contribution in [2.75, 3.05) is 18.4 Å². The summed E-state index contributed by atoms with van der Waals surface area (Å²) in [5.41, 5.74) is 0.374. The highest BCUT2D eigenvalue weighted by molar-refractivity contribution is 5.79. The van der Waals surface area contributed by atoms with Crippen molar-refractivity contribution in [1.29, 1.82) is 0 Å². The summed E-state index contributed by atoms with van der Waals surface area (Å²) in [5.74, 6) is 0.784. The molecule has 30 heavy (non-hydrogen) atoms. The fourth-order valence-electron chi connectivity index (χ4n) is 5.21. The van der Waals surface area contributed by atoms with Crippen LogP contribution in [0.4, 0.5) is 19.0 Å². The van der Waals surface area contributed by atoms with Crippen LogP contribution in [0.1, 0.15) is 83.4 Å². The molecule has 4 rings (SSSR count). The number of amides is 1. The number of nitrogens with one attached hydrogen (secondary N) is 1. The minimum Gasteiger partial charge on any atom is -0.367 e. The number of anilines is 1. The molecule has 0 unspecified atom stereocenters. The predicted molar refractivity (Wildman–Crippen MR) is 109 cm³/mol. The Hall–Kier alpha value is -1.73. The molecule has 2 fully saturated rings. The number of alkyl halides is 3. The Balaban J connectivity index is 1.56. The van der Waals surface area contributed by atoms with Crippen LogP contribution in [0.3, 0.4) is 0 Å². The van der Waals surface area contributed by atoms with E-state index in [9.17, 15) is 18.0 Å². The standard InChI is InChI=1S/C22H33F3N4O/c1-21(2,3)17-12-18(22(23,24)25)29-19(26-17)11-16(27-29)15-9-6-10-28(13-15)20(30)14-7-4-5-8-14/h11,14-15,17-18,26H,4-10,12-13H2,1-3H3/t15-,17-,18-/m1/s1. The van der Waals surface area contributed by atoms with Crippen molar-refractivity contribution in [3.8, 4) is 0 Å². The van der Waals surface area contributed by atoms with Gasteiger partial charge in [0.1, 0.15) is 5.82 Å². The Kier molecular flexibility index (Phi) is 5.56. The number of carbonyl (C=O) groups excluding carboxylic acids is 1. The van der Waals surface area contributed by atoms with Crippen molar-refractivity contribution in [3.05, 3.63) is 11.8 Å². The van der Waals surface area contributed by atoms with Gasteiger partial charge in [-0.3, -0.25) is 4.79 Å². The van der Waals surface area contributed by atoms with Crippen molar-refractivity contribution in [3.63, 3.8) is 0 Å². The minimum atomic E-state index is -4.35. The highest BCUT2D eigenvalue weighted by Gasteiger charge is 2.48. The van der Waals surface area contributed by atoms with Crippen LogP contribution in [0.15, 0.2) is 6.07 Å². The van der Waals surface area contributed by atoms with Gasteiger partial charge < -0.3 is 10.2 Å².